The molecule has 0 aliphatic heterocycles. The van der Waals surface area contributed by atoms with Crippen LogP contribution < -0.4 is 5.32 Å². The van der Waals surface area contributed by atoms with E-state index in [1.165, 1.54) is 0 Å². The third-order valence-corrected chi connectivity index (χ3v) is 6.29. The molecule has 34 heavy (non-hydrogen) atoms. The Balaban J connectivity index is 1.97. The number of benzene rings is 3. The summed E-state index contributed by atoms with van der Waals surface area (Å²) in [7, 11) is 0. The van der Waals surface area contributed by atoms with Gasteiger partial charge in [0.1, 0.15) is 6.04 Å². The predicted octanol–water partition coefficient (Wildman–Crippen LogP) is 5.71. The zero-order valence-electron chi connectivity index (χ0n) is 20.1. The van der Waals surface area contributed by atoms with E-state index < -0.39 is 6.04 Å². The molecule has 2 amide bonds. The van der Waals surface area contributed by atoms with Crippen molar-refractivity contribution in [3.63, 3.8) is 0 Å². The lowest BCUT2D eigenvalue weighted by Gasteiger charge is -2.32. The molecule has 0 unspecified atom stereocenters. The van der Waals surface area contributed by atoms with Crippen molar-refractivity contribution in [2.75, 3.05) is 6.54 Å². The Labute approximate surface area is 211 Å². The lowest BCUT2D eigenvalue weighted by molar-refractivity contribution is -0.140. The summed E-state index contributed by atoms with van der Waals surface area (Å²) in [5.41, 5.74) is 4.05. The van der Waals surface area contributed by atoms with Crippen molar-refractivity contribution in [2.24, 2.45) is 5.92 Å². The molecule has 3 aromatic rings. The summed E-state index contributed by atoms with van der Waals surface area (Å²) in [6.45, 7) is 7.07. The second kappa shape index (κ2) is 12.5. The molecule has 0 saturated heterocycles. The molecule has 0 radical (unpaired) electrons. The lowest BCUT2D eigenvalue weighted by Crippen LogP contribution is -2.51. The molecule has 1 N–H and O–H groups in total. The highest BCUT2D eigenvalue weighted by atomic mass is 79.9. The first kappa shape index (κ1) is 25.7. The van der Waals surface area contributed by atoms with E-state index in [9.17, 15) is 9.59 Å². The molecule has 1 atom stereocenters. The molecule has 0 saturated carbocycles. The van der Waals surface area contributed by atoms with Gasteiger partial charge in [-0.1, -0.05) is 96.5 Å². The van der Waals surface area contributed by atoms with Crippen molar-refractivity contribution in [1.29, 1.82) is 0 Å². The summed E-state index contributed by atoms with van der Waals surface area (Å²) < 4.78 is 0.945. The topological polar surface area (TPSA) is 49.4 Å². The molecular formula is C29H33BrN2O2. The fourth-order valence-electron chi connectivity index (χ4n) is 3.88. The van der Waals surface area contributed by atoms with E-state index in [0.29, 0.717) is 25.4 Å². The van der Waals surface area contributed by atoms with Gasteiger partial charge in [-0.3, -0.25) is 9.59 Å². The van der Waals surface area contributed by atoms with Crippen molar-refractivity contribution in [2.45, 2.75) is 46.2 Å². The number of rotatable bonds is 10. The first-order valence-electron chi connectivity index (χ1n) is 11.7. The average Bonchev–Trinajstić information content (AvgIpc) is 2.82. The minimum absolute atomic E-state index is 0.0603. The number of halogens is 1. The quantitative estimate of drug-likeness (QED) is 0.372. The minimum Gasteiger partial charge on any atom is -0.354 e. The summed E-state index contributed by atoms with van der Waals surface area (Å²) >= 11 is 3.53. The summed E-state index contributed by atoms with van der Waals surface area (Å²) in [5, 5.41) is 3.07. The normalized spacial score (nSPS) is 11.8. The summed E-state index contributed by atoms with van der Waals surface area (Å²) in [6.07, 6.45) is 0.710. The van der Waals surface area contributed by atoms with Gasteiger partial charge in [-0.05, 0) is 47.2 Å². The lowest BCUT2D eigenvalue weighted by atomic mass is 10.00. The van der Waals surface area contributed by atoms with Gasteiger partial charge < -0.3 is 10.2 Å². The van der Waals surface area contributed by atoms with Crippen LogP contribution in [0.1, 0.15) is 36.1 Å². The maximum absolute atomic E-state index is 13.8. The van der Waals surface area contributed by atoms with Crippen LogP contribution >= 0.6 is 15.9 Å². The van der Waals surface area contributed by atoms with Crippen molar-refractivity contribution >= 4 is 27.7 Å². The highest BCUT2D eigenvalue weighted by Gasteiger charge is 2.30. The Kier molecular flexibility index (Phi) is 9.46. The number of nitrogens with one attached hydrogen (secondary N) is 1. The molecule has 178 valence electrons. The summed E-state index contributed by atoms with van der Waals surface area (Å²) in [6, 6.07) is 25.1. The monoisotopic (exact) mass is 520 g/mol. The molecule has 5 heteroatoms. The van der Waals surface area contributed by atoms with Crippen LogP contribution in [-0.2, 0) is 29.0 Å². The van der Waals surface area contributed by atoms with Crippen LogP contribution in [0.3, 0.4) is 0 Å². The van der Waals surface area contributed by atoms with E-state index in [1.54, 1.807) is 4.90 Å². The van der Waals surface area contributed by atoms with E-state index >= 15 is 0 Å². The number of amides is 2. The highest BCUT2D eigenvalue weighted by Crippen LogP contribution is 2.20. The minimum atomic E-state index is -0.614. The smallest absolute Gasteiger partial charge is 0.243 e. The number of carbonyl (C=O) groups excluding carboxylic acids is 2. The van der Waals surface area contributed by atoms with Crippen LogP contribution in [0.4, 0.5) is 0 Å². The highest BCUT2D eigenvalue weighted by molar-refractivity contribution is 9.10. The van der Waals surface area contributed by atoms with Gasteiger partial charge in [-0.2, -0.15) is 0 Å². The van der Waals surface area contributed by atoms with Gasteiger partial charge in [0.15, 0.2) is 0 Å². The van der Waals surface area contributed by atoms with Gasteiger partial charge >= 0.3 is 0 Å². The van der Waals surface area contributed by atoms with E-state index in [1.807, 2.05) is 85.8 Å². The molecule has 0 spiro atoms. The van der Waals surface area contributed by atoms with Crippen LogP contribution in [-0.4, -0.2) is 29.3 Å². The number of aryl methyl sites for hydroxylation is 1. The van der Waals surface area contributed by atoms with E-state index in [0.717, 1.165) is 26.7 Å². The van der Waals surface area contributed by atoms with Gasteiger partial charge in [0.2, 0.25) is 11.8 Å². The van der Waals surface area contributed by atoms with E-state index in [4.69, 9.17) is 0 Å². The number of carbonyl (C=O) groups is 2. The molecule has 3 rings (SSSR count). The fourth-order valence-corrected chi connectivity index (χ4v) is 4.33. The van der Waals surface area contributed by atoms with Gasteiger partial charge in [0.25, 0.3) is 0 Å². The fraction of sp³-hybridized carbons (Fsp3) is 0.310. The van der Waals surface area contributed by atoms with Crippen molar-refractivity contribution in [1.82, 2.24) is 10.2 Å². The second-order valence-electron chi connectivity index (χ2n) is 9.10. The molecule has 0 aliphatic carbocycles. The van der Waals surface area contributed by atoms with E-state index in [2.05, 4.69) is 35.1 Å². The average molecular weight is 521 g/mol. The number of nitrogens with zero attached hydrogens (tertiary/aromatic N) is 1. The van der Waals surface area contributed by atoms with Crippen LogP contribution in [0.15, 0.2) is 83.3 Å². The van der Waals surface area contributed by atoms with Crippen LogP contribution in [0, 0.1) is 12.8 Å². The molecule has 0 fully saturated rings. The first-order valence-corrected chi connectivity index (χ1v) is 12.5. The molecule has 0 heterocycles. The maximum Gasteiger partial charge on any atom is 0.243 e. The Hall–Kier alpha value is -2.92. The Bertz CT molecular complexity index is 1100. The van der Waals surface area contributed by atoms with Crippen LogP contribution in [0.25, 0.3) is 0 Å². The molecule has 0 aromatic heterocycles. The standard InChI is InChI=1S/C29H33BrN2O2/c1-21(2)19-31-29(34)27(17-23-11-5-4-6-12-23)32(20-24-13-9-15-26(30)16-24)28(33)18-25-14-8-7-10-22(25)3/h4-16,21,27H,17-20H2,1-3H3,(H,31,34)/t27-/m1/s1. The van der Waals surface area contributed by atoms with Crippen LogP contribution in [0.2, 0.25) is 0 Å². The van der Waals surface area contributed by atoms with Crippen molar-refractivity contribution in [3.8, 4) is 0 Å². The number of hydrogen-bond donors (Lipinski definition) is 1. The Morgan fingerprint density at radius 3 is 2.26 bits per heavy atom. The van der Waals surface area contributed by atoms with Crippen molar-refractivity contribution in [3.05, 3.63) is 106 Å². The van der Waals surface area contributed by atoms with Crippen molar-refractivity contribution < 1.29 is 9.59 Å². The summed E-state index contributed by atoms with van der Waals surface area (Å²) in [5.74, 6) is 0.142. The van der Waals surface area contributed by atoms with Crippen LogP contribution in [0.5, 0.6) is 0 Å². The third kappa shape index (κ3) is 7.56. The van der Waals surface area contributed by atoms with Gasteiger partial charge in [-0.25, -0.2) is 0 Å². The largest absolute Gasteiger partial charge is 0.354 e. The molecule has 3 aromatic carbocycles. The number of hydrogen-bond acceptors (Lipinski definition) is 2. The zero-order valence-corrected chi connectivity index (χ0v) is 21.7. The first-order chi connectivity index (χ1) is 16.3. The van der Waals surface area contributed by atoms with Gasteiger partial charge in [-0.15, -0.1) is 0 Å². The second-order valence-corrected chi connectivity index (χ2v) is 10.0. The molecule has 0 aliphatic rings. The van der Waals surface area contributed by atoms with Gasteiger partial charge in [0.05, 0.1) is 6.42 Å². The maximum atomic E-state index is 13.8. The third-order valence-electron chi connectivity index (χ3n) is 5.80. The molecular weight excluding hydrogens is 488 g/mol. The van der Waals surface area contributed by atoms with E-state index in [-0.39, 0.29) is 18.2 Å². The SMILES string of the molecule is Cc1ccccc1CC(=O)N(Cc1cccc(Br)c1)[C@H](Cc1ccccc1)C(=O)NCC(C)C. The molecule has 4 nitrogen and oxygen atoms in total. The Morgan fingerprint density at radius 2 is 1.59 bits per heavy atom. The predicted molar refractivity (Wildman–Crippen MR) is 141 cm³/mol. The van der Waals surface area contributed by atoms with Gasteiger partial charge in [0, 0.05) is 24.0 Å². The molecule has 0 bridgehead atoms. The Morgan fingerprint density at radius 1 is 0.912 bits per heavy atom. The summed E-state index contributed by atoms with van der Waals surface area (Å²) in [4.78, 5) is 29.0. The zero-order chi connectivity index (χ0) is 24.5.